The molecule has 1 heterocycles. The Labute approximate surface area is 92.3 Å². The zero-order chi connectivity index (χ0) is 11.9. The number of carboxylic acid groups (broad SMARTS) is 1. The fourth-order valence-electron chi connectivity index (χ4n) is 1.62. The summed E-state index contributed by atoms with van der Waals surface area (Å²) in [6.07, 6.45) is 2.57. The van der Waals surface area contributed by atoms with Crippen LogP contribution in [0.15, 0.2) is 6.20 Å². The number of hydrogen-bond acceptors (Lipinski definition) is 3. The van der Waals surface area contributed by atoms with Crippen LogP contribution in [0, 0.1) is 6.92 Å². The Kier molecular flexibility index (Phi) is 2.22. The van der Waals surface area contributed by atoms with E-state index in [4.69, 9.17) is 5.11 Å². The van der Waals surface area contributed by atoms with Gasteiger partial charge in [-0.1, -0.05) is 0 Å². The summed E-state index contributed by atoms with van der Waals surface area (Å²) >= 11 is 0. The second-order valence-electron chi connectivity index (χ2n) is 4.14. The summed E-state index contributed by atoms with van der Waals surface area (Å²) in [5, 5.41) is 15.5. The lowest BCUT2D eigenvalue weighted by Gasteiger charge is -2.11. The summed E-state index contributed by atoms with van der Waals surface area (Å²) in [4.78, 5) is 22.7. The first-order valence-electron chi connectivity index (χ1n) is 5.01. The molecule has 1 amide bonds. The minimum Gasteiger partial charge on any atom is -0.480 e. The minimum atomic E-state index is -1.04. The highest BCUT2D eigenvalue weighted by Crippen LogP contribution is 2.35. The lowest BCUT2D eigenvalue weighted by atomic mass is 10.2. The summed E-state index contributed by atoms with van der Waals surface area (Å²) in [7, 11) is 1.72. The smallest absolute Gasteiger partial charge is 0.329 e. The summed E-state index contributed by atoms with van der Waals surface area (Å²) in [5.41, 5.74) is -0.0180. The van der Waals surface area contributed by atoms with Crippen LogP contribution in [-0.2, 0) is 11.8 Å². The molecular formula is C10H13N3O3. The number of nitrogens with zero attached hydrogens (tertiary/aromatic N) is 2. The number of hydrogen-bond donors (Lipinski definition) is 2. The molecule has 0 saturated heterocycles. The molecule has 1 aromatic rings. The van der Waals surface area contributed by atoms with Gasteiger partial charge in [0, 0.05) is 13.2 Å². The zero-order valence-electron chi connectivity index (χ0n) is 9.15. The number of carbonyl (C=O) groups excluding carboxylic acids is 1. The predicted octanol–water partition coefficient (Wildman–Crippen LogP) is 0.0755. The van der Waals surface area contributed by atoms with Crippen molar-refractivity contribution in [2.75, 3.05) is 0 Å². The molecule has 2 rings (SSSR count). The monoisotopic (exact) mass is 223 g/mol. The molecule has 0 atom stereocenters. The molecule has 2 N–H and O–H groups in total. The Hall–Kier alpha value is -1.85. The number of aromatic nitrogens is 2. The van der Waals surface area contributed by atoms with Crippen molar-refractivity contribution in [1.82, 2.24) is 15.1 Å². The topological polar surface area (TPSA) is 84.2 Å². The number of amides is 1. The van der Waals surface area contributed by atoms with Gasteiger partial charge in [-0.2, -0.15) is 5.10 Å². The van der Waals surface area contributed by atoms with Crippen molar-refractivity contribution < 1.29 is 14.7 Å². The van der Waals surface area contributed by atoms with Crippen LogP contribution in [0.1, 0.15) is 28.9 Å². The largest absolute Gasteiger partial charge is 0.480 e. The van der Waals surface area contributed by atoms with E-state index in [0.717, 1.165) is 0 Å². The standard InChI is InChI=1S/C10H13N3O3/c1-6-7(5-13(2)12-6)8(14)11-10(3-4-10)9(15)16/h5H,3-4H2,1-2H3,(H,11,14)(H,15,16). The third-order valence-corrected chi connectivity index (χ3v) is 2.77. The maximum atomic E-state index is 11.8. The fraction of sp³-hybridized carbons (Fsp3) is 0.500. The Bertz CT molecular complexity index is 460. The van der Waals surface area contributed by atoms with Crippen LogP contribution >= 0.6 is 0 Å². The average molecular weight is 223 g/mol. The zero-order valence-corrected chi connectivity index (χ0v) is 9.15. The van der Waals surface area contributed by atoms with E-state index in [1.165, 1.54) is 4.68 Å². The van der Waals surface area contributed by atoms with E-state index in [-0.39, 0.29) is 5.91 Å². The molecule has 0 radical (unpaired) electrons. The highest BCUT2D eigenvalue weighted by Gasteiger charge is 2.51. The quantitative estimate of drug-likeness (QED) is 0.759. The fourth-order valence-corrected chi connectivity index (χ4v) is 1.62. The van der Waals surface area contributed by atoms with E-state index >= 15 is 0 Å². The average Bonchev–Trinajstić information content (AvgIpc) is 2.87. The number of aliphatic carboxylic acids is 1. The second kappa shape index (κ2) is 3.33. The highest BCUT2D eigenvalue weighted by molar-refractivity contribution is 5.99. The predicted molar refractivity (Wildman–Crippen MR) is 55.0 cm³/mol. The van der Waals surface area contributed by atoms with E-state index < -0.39 is 11.5 Å². The molecule has 0 unspecified atom stereocenters. The summed E-state index contributed by atoms with van der Waals surface area (Å²) < 4.78 is 1.53. The molecule has 0 bridgehead atoms. The number of rotatable bonds is 3. The van der Waals surface area contributed by atoms with Gasteiger partial charge < -0.3 is 10.4 Å². The second-order valence-corrected chi connectivity index (χ2v) is 4.14. The molecule has 6 nitrogen and oxygen atoms in total. The Morgan fingerprint density at radius 1 is 1.56 bits per heavy atom. The molecule has 1 aliphatic rings. The molecule has 0 aromatic carbocycles. The summed E-state index contributed by atoms with van der Waals surface area (Å²) in [6, 6.07) is 0. The van der Waals surface area contributed by atoms with Crippen molar-refractivity contribution in [3.05, 3.63) is 17.5 Å². The normalized spacial score (nSPS) is 16.9. The first-order chi connectivity index (χ1) is 7.44. The molecule has 16 heavy (non-hydrogen) atoms. The molecule has 1 saturated carbocycles. The van der Waals surface area contributed by atoms with Gasteiger partial charge in [-0.25, -0.2) is 4.79 Å². The highest BCUT2D eigenvalue weighted by atomic mass is 16.4. The van der Waals surface area contributed by atoms with E-state index in [9.17, 15) is 9.59 Å². The van der Waals surface area contributed by atoms with Gasteiger partial charge in [-0.3, -0.25) is 9.48 Å². The number of nitrogens with one attached hydrogen (secondary N) is 1. The Morgan fingerprint density at radius 3 is 2.56 bits per heavy atom. The van der Waals surface area contributed by atoms with Gasteiger partial charge in [-0.05, 0) is 19.8 Å². The first-order valence-corrected chi connectivity index (χ1v) is 5.01. The van der Waals surface area contributed by atoms with E-state index in [2.05, 4.69) is 10.4 Å². The minimum absolute atomic E-state index is 0.370. The van der Waals surface area contributed by atoms with Crippen LogP contribution < -0.4 is 5.32 Å². The number of carbonyl (C=O) groups is 2. The number of carboxylic acids is 1. The van der Waals surface area contributed by atoms with Gasteiger partial charge in [0.1, 0.15) is 5.54 Å². The van der Waals surface area contributed by atoms with Crippen LogP contribution in [0.25, 0.3) is 0 Å². The molecule has 1 aliphatic carbocycles. The Balaban J connectivity index is 2.15. The summed E-state index contributed by atoms with van der Waals surface area (Å²) in [6.45, 7) is 1.72. The van der Waals surface area contributed by atoms with Gasteiger partial charge in [-0.15, -0.1) is 0 Å². The van der Waals surface area contributed by atoms with E-state index in [1.807, 2.05) is 0 Å². The third kappa shape index (κ3) is 1.66. The van der Waals surface area contributed by atoms with Crippen molar-refractivity contribution in [3.8, 4) is 0 Å². The van der Waals surface area contributed by atoms with Gasteiger partial charge >= 0.3 is 5.97 Å². The van der Waals surface area contributed by atoms with Crippen molar-refractivity contribution in [3.63, 3.8) is 0 Å². The van der Waals surface area contributed by atoms with Crippen LogP contribution in [0.4, 0.5) is 0 Å². The SMILES string of the molecule is Cc1nn(C)cc1C(=O)NC1(C(=O)O)CC1. The molecule has 0 aliphatic heterocycles. The van der Waals surface area contributed by atoms with Gasteiger partial charge in [0.25, 0.3) is 5.91 Å². The van der Waals surface area contributed by atoms with E-state index in [1.54, 1.807) is 20.2 Å². The molecule has 1 aromatic heterocycles. The van der Waals surface area contributed by atoms with Crippen LogP contribution in [0.2, 0.25) is 0 Å². The lowest BCUT2D eigenvalue weighted by Crippen LogP contribution is -2.43. The molecule has 0 spiro atoms. The first kappa shape index (κ1) is 10.7. The maximum Gasteiger partial charge on any atom is 0.329 e. The maximum absolute atomic E-state index is 11.8. The van der Waals surface area contributed by atoms with Crippen molar-refractivity contribution in [1.29, 1.82) is 0 Å². The van der Waals surface area contributed by atoms with Crippen LogP contribution in [0.3, 0.4) is 0 Å². The summed E-state index contributed by atoms with van der Waals surface area (Å²) in [5.74, 6) is -1.34. The van der Waals surface area contributed by atoms with E-state index in [0.29, 0.717) is 24.1 Å². The van der Waals surface area contributed by atoms with Crippen molar-refractivity contribution in [2.24, 2.45) is 7.05 Å². The van der Waals surface area contributed by atoms with Gasteiger partial charge in [0.15, 0.2) is 0 Å². The van der Waals surface area contributed by atoms with Crippen LogP contribution in [0.5, 0.6) is 0 Å². The lowest BCUT2D eigenvalue weighted by molar-refractivity contribution is -0.140. The molecule has 1 fully saturated rings. The number of aryl methyl sites for hydroxylation is 2. The van der Waals surface area contributed by atoms with Crippen molar-refractivity contribution in [2.45, 2.75) is 25.3 Å². The van der Waals surface area contributed by atoms with Crippen molar-refractivity contribution >= 4 is 11.9 Å². The van der Waals surface area contributed by atoms with Gasteiger partial charge in [0.2, 0.25) is 0 Å². The molecular weight excluding hydrogens is 210 g/mol. The van der Waals surface area contributed by atoms with Gasteiger partial charge in [0.05, 0.1) is 11.3 Å². The molecule has 86 valence electrons. The third-order valence-electron chi connectivity index (χ3n) is 2.77. The Morgan fingerprint density at radius 2 is 2.19 bits per heavy atom. The molecule has 6 heteroatoms. The van der Waals surface area contributed by atoms with Crippen LogP contribution in [-0.4, -0.2) is 32.3 Å².